The van der Waals surface area contributed by atoms with Crippen LogP contribution >= 0.6 is 11.6 Å². The molecule has 0 spiro atoms. The number of hydrogen-bond donors (Lipinski definition) is 2. The summed E-state index contributed by atoms with van der Waals surface area (Å²) < 4.78 is 0. The van der Waals surface area contributed by atoms with Crippen LogP contribution in [0.3, 0.4) is 0 Å². The van der Waals surface area contributed by atoms with Crippen LogP contribution in [0.4, 0.5) is 4.79 Å². The lowest BCUT2D eigenvalue weighted by molar-refractivity contribution is -0.130. The third-order valence-corrected chi connectivity index (χ3v) is 4.68. The molecule has 1 unspecified atom stereocenters. The number of hydrogen-bond acceptors (Lipinski definition) is 3. The van der Waals surface area contributed by atoms with Crippen LogP contribution in [0, 0.1) is 0 Å². The van der Waals surface area contributed by atoms with Crippen LogP contribution in [0.5, 0.6) is 0 Å². The molecule has 0 aromatic heterocycles. The van der Waals surface area contributed by atoms with Crippen molar-refractivity contribution in [1.29, 1.82) is 0 Å². The second-order valence-corrected chi connectivity index (χ2v) is 6.87. The van der Waals surface area contributed by atoms with Crippen molar-refractivity contribution in [3.05, 3.63) is 82.9 Å². The van der Waals surface area contributed by atoms with E-state index in [1.165, 1.54) is 0 Å². The topological polar surface area (TPSA) is 78.5 Å². The van der Waals surface area contributed by atoms with Crippen molar-refractivity contribution in [3.8, 4) is 0 Å². The summed E-state index contributed by atoms with van der Waals surface area (Å²) in [6, 6.07) is 13.0. The molecule has 0 radical (unpaired) electrons. The molecule has 0 bridgehead atoms. The second kappa shape index (κ2) is 8.71. The van der Waals surface area contributed by atoms with E-state index in [0.717, 1.165) is 10.5 Å². The van der Waals surface area contributed by atoms with E-state index in [-0.39, 0.29) is 30.8 Å². The fraction of sp³-hybridized carbons (Fsp3) is 0.190. The predicted molar refractivity (Wildman–Crippen MR) is 107 cm³/mol. The molecule has 6 nitrogen and oxygen atoms in total. The summed E-state index contributed by atoms with van der Waals surface area (Å²) in [5.74, 6) is -0.510. The molecule has 1 atom stereocenters. The normalized spacial score (nSPS) is 16.5. The summed E-state index contributed by atoms with van der Waals surface area (Å²) in [5, 5.41) is 6.14. The lowest BCUT2D eigenvalue weighted by atomic mass is 10.0. The molecule has 144 valence electrons. The van der Waals surface area contributed by atoms with E-state index in [0.29, 0.717) is 22.7 Å². The van der Waals surface area contributed by atoms with Gasteiger partial charge in [-0.15, -0.1) is 6.58 Å². The van der Waals surface area contributed by atoms with Gasteiger partial charge in [0, 0.05) is 17.1 Å². The Kier molecular flexibility index (Phi) is 6.11. The molecule has 1 aliphatic rings. The van der Waals surface area contributed by atoms with E-state index in [4.69, 9.17) is 11.6 Å². The molecule has 3 rings (SSSR count). The van der Waals surface area contributed by atoms with Crippen molar-refractivity contribution < 1.29 is 14.4 Å². The highest BCUT2D eigenvalue weighted by atomic mass is 35.5. The average Bonchev–Trinajstić information content (AvgIpc) is 2.69. The van der Waals surface area contributed by atoms with E-state index in [9.17, 15) is 14.4 Å². The van der Waals surface area contributed by atoms with E-state index in [1.807, 2.05) is 0 Å². The zero-order valence-electron chi connectivity index (χ0n) is 15.2. The van der Waals surface area contributed by atoms with Gasteiger partial charge in [0.25, 0.3) is 5.91 Å². The molecule has 0 aliphatic carbocycles. The van der Waals surface area contributed by atoms with Gasteiger partial charge < -0.3 is 10.6 Å². The maximum atomic E-state index is 12.6. The SMILES string of the molecule is C=CCNC(=O)c1cccc(CN2C(=O)CC(c3ccc(Cl)cc3)NC2=O)c1. The van der Waals surface area contributed by atoms with E-state index in [2.05, 4.69) is 17.2 Å². The largest absolute Gasteiger partial charge is 0.349 e. The lowest BCUT2D eigenvalue weighted by Crippen LogP contribution is -2.50. The van der Waals surface area contributed by atoms with Gasteiger partial charge in [-0.3, -0.25) is 14.5 Å². The van der Waals surface area contributed by atoms with Crippen LogP contribution in [0.25, 0.3) is 0 Å². The highest BCUT2D eigenvalue weighted by molar-refractivity contribution is 6.30. The average molecular weight is 398 g/mol. The summed E-state index contributed by atoms with van der Waals surface area (Å²) in [7, 11) is 0. The Balaban J connectivity index is 1.69. The first-order valence-electron chi connectivity index (χ1n) is 8.82. The number of nitrogens with one attached hydrogen (secondary N) is 2. The summed E-state index contributed by atoms with van der Waals surface area (Å²) in [6.45, 7) is 4.02. The minimum absolute atomic E-state index is 0.0978. The number of amides is 4. The van der Waals surface area contributed by atoms with Gasteiger partial charge in [0.1, 0.15) is 0 Å². The lowest BCUT2D eigenvalue weighted by Gasteiger charge is -2.31. The number of imide groups is 1. The quantitative estimate of drug-likeness (QED) is 0.733. The van der Waals surface area contributed by atoms with Crippen molar-refractivity contribution in [2.75, 3.05) is 6.54 Å². The first-order valence-corrected chi connectivity index (χ1v) is 9.20. The number of benzene rings is 2. The van der Waals surface area contributed by atoms with Crippen LogP contribution in [0.1, 0.15) is 33.9 Å². The Hall–Kier alpha value is -3.12. The van der Waals surface area contributed by atoms with Gasteiger partial charge in [0.2, 0.25) is 5.91 Å². The Morgan fingerprint density at radius 3 is 2.68 bits per heavy atom. The predicted octanol–water partition coefficient (Wildman–Crippen LogP) is 3.44. The van der Waals surface area contributed by atoms with Gasteiger partial charge >= 0.3 is 6.03 Å². The van der Waals surface area contributed by atoms with Crippen LogP contribution in [0.2, 0.25) is 5.02 Å². The maximum absolute atomic E-state index is 12.6. The first-order chi connectivity index (χ1) is 13.5. The molecule has 1 heterocycles. The second-order valence-electron chi connectivity index (χ2n) is 6.44. The summed E-state index contributed by atoms with van der Waals surface area (Å²) >= 11 is 5.89. The molecule has 4 amide bonds. The van der Waals surface area contributed by atoms with E-state index in [1.54, 1.807) is 54.6 Å². The highest BCUT2D eigenvalue weighted by Crippen LogP contribution is 2.24. The third kappa shape index (κ3) is 4.58. The van der Waals surface area contributed by atoms with Crippen molar-refractivity contribution >= 4 is 29.4 Å². The molecular formula is C21H20ClN3O3. The first kappa shape index (κ1) is 19.6. The van der Waals surface area contributed by atoms with Crippen molar-refractivity contribution in [3.63, 3.8) is 0 Å². The molecule has 1 saturated heterocycles. The molecule has 7 heteroatoms. The summed E-state index contributed by atoms with van der Waals surface area (Å²) in [6.07, 6.45) is 1.75. The molecule has 0 saturated carbocycles. The van der Waals surface area contributed by atoms with E-state index >= 15 is 0 Å². The highest BCUT2D eigenvalue weighted by Gasteiger charge is 2.32. The van der Waals surface area contributed by atoms with Gasteiger partial charge in [-0.1, -0.05) is 41.9 Å². The Bertz CT molecular complexity index is 893. The Morgan fingerprint density at radius 2 is 2.00 bits per heavy atom. The smallest absolute Gasteiger partial charge is 0.324 e. The number of carbonyl (C=O) groups excluding carboxylic acids is 3. The molecule has 2 aromatic carbocycles. The van der Waals surface area contributed by atoms with Crippen LogP contribution < -0.4 is 10.6 Å². The zero-order valence-corrected chi connectivity index (χ0v) is 15.9. The zero-order chi connectivity index (χ0) is 20.1. The Morgan fingerprint density at radius 1 is 1.25 bits per heavy atom. The number of carbonyl (C=O) groups is 3. The number of nitrogens with zero attached hydrogens (tertiary/aromatic N) is 1. The van der Waals surface area contributed by atoms with Gasteiger partial charge in [-0.2, -0.15) is 0 Å². The van der Waals surface area contributed by atoms with E-state index < -0.39 is 6.03 Å². The number of halogens is 1. The maximum Gasteiger partial charge on any atom is 0.324 e. The molecular weight excluding hydrogens is 378 g/mol. The molecule has 1 fully saturated rings. The molecule has 1 aliphatic heterocycles. The minimum Gasteiger partial charge on any atom is -0.349 e. The number of rotatable bonds is 6. The van der Waals surface area contributed by atoms with Crippen LogP contribution in [0.15, 0.2) is 61.2 Å². The number of urea groups is 1. The van der Waals surface area contributed by atoms with Crippen molar-refractivity contribution in [2.45, 2.75) is 19.0 Å². The van der Waals surface area contributed by atoms with Gasteiger partial charge in [0.15, 0.2) is 0 Å². The van der Waals surface area contributed by atoms with Gasteiger partial charge in [-0.25, -0.2) is 4.79 Å². The van der Waals surface area contributed by atoms with Crippen LogP contribution in [-0.2, 0) is 11.3 Å². The summed E-state index contributed by atoms with van der Waals surface area (Å²) in [5.41, 5.74) is 1.98. The third-order valence-electron chi connectivity index (χ3n) is 4.43. The monoisotopic (exact) mass is 397 g/mol. The fourth-order valence-electron chi connectivity index (χ4n) is 2.99. The molecule has 28 heavy (non-hydrogen) atoms. The standard InChI is InChI=1S/C21H20ClN3O3/c1-2-10-23-20(27)16-5-3-4-14(11-16)13-25-19(26)12-18(24-21(25)28)15-6-8-17(22)9-7-15/h2-9,11,18H,1,10,12-13H2,(H,23,27)(H,24,28). The minimum atomic E-state index is -0.460. The van der Waals surface area contributed by atoms with Gasteiger partial charge in [-0.05, 0) is 35.4 Å². The Labute approximate surface area is 168 Å². The van der Waals surface area contributed by atoms with Gasteiger partial charge in [0.05, 0.1) is 19.0 Å². The molecule has 2 aromatic rings. The summed E-state index contributed by atoms with van der Waals surface area (Å²) in [4.78, 5) is 38.3. The van der Waals surface area contributed by atoms with Crippen molar-refractivity contribution in [1.82, 2.24) is 15.5 Å². The van der Waals surface area contributed by atoms with Crippen LogP contribution in [-0.4, -0.2) is 29.3 Å². The van der Waals surface area contributed by atoms with Crippen molar-refractivity contribution in [2.24, 2.45) is 0 Å². The fourth-order valence-corrected chi connectivity index (χ4v) is 3.12. The molecule has 2 N–H and O–H groups in total.